The lowest BCUT2D eigenvalue weighted by molar-refractivity contribution is 0.576. The highest BCUT2D eigenvalue weighted by Gasteiger charge is 2.30. The maximum absolute atomic E-state index is 14.1. The van der Waals surface area contributed by atoms with Crippen molar-refractivity contribution in [3.05, 3.63) is 59.1 Å². The second kappa shape index (κ2) is 8.94. The van der Waals surface area contributed by atoms with Gasteiger partial charge in [0.25, 0.3) is 0 Å². The number of fused-ring (bicyclic) bond motifs is 1. The van der Waals surface area contributed by atoms with Crippen molar-refractivity contribution in [2.75, 3.05) is 36.4 Å². The molecule has 11 heteroatoms. The van der Waals surface area contributed by atoms with Crippen molar-refractivity contribution in [1.29, 1.82) is 0 Å². The van der Waals surface area contributed by atoms with Gasteiger partial charge in [-0.15, -0.1) is 0 Å². The predicted molar refractivity (Wildman–Crippen MR) is 130 cm³/mol. The van der Waals surface area contributed by atoms with Crippen LogP contribution in [0.25, 0.3) is 22.3 Å². The molecule has 4 aromatic heterocycles. The Balaban J connectivity index is 1.46. The second-order valence-electron chi connectivity index (χ2n) is 8.65. The van der Waals surface area contributed by atoms with Gasteiger partial charge in [0.1, 0.15) is 23.0 Å². The molecule has 0 unspecified atom stereocenters. The summed E-state index contributed by atoms with van der Waals surface area (Å²) in [5, 5.41) is 7.46. The zero-order valence-electron chi connectivity index (χ0n) is 18.6. The van der Waals surface area contributed by atoms with Gasteiger partial charge in [-0.3, -0.25) is 0 Å². The average molecular weight is 495 g/mol. The molecule has 2 aliphatic rings. The Labute approximate surface area is 204 Å². The van der Waals surface area contributed by atoms with Crippen LogP contribution in [-0.4, -0.2) is 51.1 Å². The SMILES string of the molecule is Fc1cnc(Nc2cc(-c3nc(N4CCNCC4)c4c(C5CC5)cnc(Cl)c4n3)ccn2)c(F)c1. The van der Waals surface area contributed by atoms with Gasteiger partial charge in [-0.2, -0.15) is 0 Å². The average Bonchev–Trinajstić information content (AvgIpc) is 3.72. The molecule has 1 aliphatic carbocycles. The van der Waals surface area contributed by atoms with Crippen molar-refractivity contribution in [2.45, 2.75) is 18.8 Å². The van der Waals surface area contributed by atoms with Crippen LogP contribution < -0.4 is 15.5 Å². The Hall–Kier alpha value is -3.50. The van der Waals surface area contributed by atoms with Gasteiger partial charge < -0.3 is 15.5 Å². The van der Waals surface area contributed by atoms with Crippen LogP contribution in [0.3, 0.4) is 0 Å². The number of hydrogen-bond donors (Lipinski definition) is 2. The molecule has 0 atom stereocenters. The van der Waals surface area contributed by atoms with Gasteiger partial charge in [0.05, 0.1) is 11.6 Å². The van der Waals surface area contributed by atoms with Gasteiger partial charge in [0.15, 0.2) is 22.6 Å². The topological polar surface area (TPSA) is 91.8 Å². The normalized spacial score (nSPS) is 16.0. The van der Waals surface area contributed by atoms with Gasteiger partial charge in [0.2, 0.25) is 0 Å². The van der Waals surface area contributed by atoms with Gasteiger partial charge in [-0.25, -0.2) is 33.7 Å². The van der Waals surface area contributed by atoms with E-state index in [1.807, 2.05) is 6.20 Å². The second-order valence-corrected chi connectivity index (χ2v) is 9.01. The molecule has 2 N–H and O–H groups in total. The minimum atomic E-state index is -0.814. The van der Waals surface area contributed by atoms with Crippen LogP contribution in [0.2, 0.25) is 5.15 Å². The predicted octanol–water partition coefficient (Wildman–Crippen LogP) is 4.44. The fraction of sp³-hybridized carbons (Fsp3) is 0.292. The van der Waals surface area contributed by atoms with Crippen molar-refractivity contribution in [2.24, 2.45) is 0 Å². The summed E-state index contributed by atoms with van der Waals surface area (Å²) in [6.45, 7) is 3.35. The van der Waals surface area contributed by atoms with Crippen LogP contribution in [0.1, 0.15) is 24.3 Å². The van der Waals surface area contributed by atoms with Gasteiger partial charge in [-0.1, -0.05) is 11.6 Å². The molecule has 1 saturated heterocycles. The first-order valence-electron chi connectivity index (χ1n) is 11.4. The van der Waals surface area contributed by atoms with Crippen LogP contribution >= 0.6 is 11.6 Å². The van der Waals surface area contributed by atoms with E-state index in [0.29, 0.717) is 33.8 Å². The van der Waals surface area contributed by atoms with Crippen molar-refractivity contribution in [3.8, 4) is 11.4 Å². The number of nitrogens with one attached hydrogen (secondary N) is 2. The highest BCUT2D eigenvalue weighted by atomic mass is 35.5. The monoisotopic (exact) mass is 494 g/mol. The quantitative estimate of drug-likeness (QED) is 0.393. The zero-order valence-corrected chi connectivity index (χ0v) is 19.4. The first-order chi connectivity index (χ1) is 17.1. The van der Waals surface area contributed by atoms with E-state index in [0.717, 1.165) is 68.1 Å². The third-order valence-corrected chi connectivity index (χ3v) is 6.47. The molecule has 0 radical (unpaired) electrons. The maximum Gasteiger partial charge on any atom is 0.168 e. The third kappa shape index (κ3) is 4.35. The van der Waals surface area contributed by atoms with E-state index in [2.05, 4.69) is 30.5 Å². The molecule has 2 fully saturated rings. The molecule has 178 valence electrons. The summed E-state index contributed by atoms with van der Waals surface area (Å²) < 4.78 is 27.3. The van der Waals surface area contributed by atoms with Gasteiger partial charge in [0, 0.05) is 50.2 Å². The minimum Gasteiger partial charge on any atom is -0.353 e. The van der Waals surface area contributed by atoms with E-state index in [1.165, 1.54) is 0 Å². The summed E-state index contributed by atoms with van der Waals surface area (Å²) in [4.78, 5) is 24.5. The lowest BCUT2D eigenvalue weighted by atomic mass is 10.1. The maximum atomic E-state index is 14.1. The molecule has 8 nitrogen and oxygen atoms in total. The fourth-order valence-electron chi connectivity index (χ4n) is 4.32. The smallest absolute Gasteiger partial charge is 0.168 e. The largest absolute Gasteiger partial charge is 0.353 e. The summed E-state index contributed by atoms with van der Waals surface area (Å²) in [6, 6.07) is 4.23. The molecule has 5 heterocycles. The summed E-state index contributed by atoms with van der Waals surface area (Å²) in [5.74, 6) is 0.382. The van der Waals surface area contributed by atoms with Gasteiger partial charge >= 0.3 is 0 Å². The number of piperazine rings is 1. The standard InChI is InChI=1S/C24H21ClF2N8/c25-21-20-19(16(12-30-21)13-1-2-13)24(35-7-5-28-6-8-35)34-22(33-20)14-3-4-29-18(9-14)32-23-17(27)10-15(26)11-31-23/h3-4,9-13,28H,1-2,5-8H2,(H,29,31,32). The molecule has 1 aliphatic heterocycles. The highest BCUT2D eigenvalue weighted by Crippen LogP contribution is 2.46. The van der Waals surface area contributed by atoms with Crippen LogP contribution in [0.4, 0.5) is 26.2 Å². The van der Waals surface area contributed by atoms with E-state index in [9.17, 15) is 8.78 Å². The van der Waals surface area contributed by atoms with Gasteiger partial charge in [-0.05, 0) is 36.5 Å². The number of pyridine rings is 3. The number of rotatable bonds is 5. The number of halogens is 3. The molecular weight excluding hydrogens is 474 g/mol. The number of aromatic nitrogens is 5. The summed E-state index contributed by atoms with van der Waals surface area (Å²) in [5.41, 5.74) is 2.42. The fourth-order valence-corrected chi connectivity index (χ4v) is 4.51. The molecule has 0 aromatic carbocycles. The van der Waals surface area contributed by atoms with E-state index < -0.39 is 11.6 Å². The molecule has 0 spiro atoms. The van der Waals surface area contributed by atoms with Crippen molar-refractivity contribution in [1.82, 2.24) is 30.2 Å². The Kier molecular flexibility index (Phi) is 5.62. The summed E-state index contributed by atoms with van der Waals surface area (Å²) in [7, 11) is 0. The molecule has 6 rings (SSSR count). The van der Waals surface area contributed by atoms with Crippen molar-refractivity contribution >= 4 is 40.0 Å². The Bertz CT molecular complexity index is 1420. The lowest BCUT2D eigenvalue weighted by Crippen LogP contribution is -2.44. The third-order valence-electron chi connectivity index (χ3n) is 6.20. The van der Waals surface area contributed by atoms with Crippen LogP contribution in [0, 0.1) is 11.6 Å². The number of nitrogens with zero attached hydrogens (tertiary/aromatic N) is 6. The lowest BCUT2D eigenvalue weighted by Gasteiger charge is -2.30. The molecule has 0 bridgehead atoms. The highest BCUT2D eigenvalue weighted by molar-refractivity contribution is 6.34. The Morgan fingerprint density at radius 1 is 1.03 bits per heavy atom. The molecular formula is C24H21ClF2N8. The van der Waals surface area contributed by atoms with Crippen molar-refractivity contribution in [3.63, 3.8) is 0 Å². The Morgan fingerprint density at radius 2 is 1.86 bits per heavy atom. The van der Waals surface area contributed by atoms with Crippen molar-refractivity contribution < 1.29 is 8.78 Å². The summed E-state index contributed by atoms with van der Waals surface area (Å²) in [6.07, 6.45) is 6.60. The first kappa shape index (κ1) is 22.0. The van der Waals surface area contributed by atoms with Crippen LogP contribution in [0.15, 0.2) is 36.8 Å². The Morgan fingerprint density at radius 3 is 2.63 bits per heavy atom. The first-order valence-corrected chi connectivity index (χ1v) is 11.8. The number of hydrogen-bond acceptors (Lipinski definition) is 8. The number of anilines is 3. The van der Waals surface area contributed by atoms with Crippen LogP contribution in [-0.2, 0) is 0 Å². The van der Waals surface area contributed by atoms with E-state index >= 15 is 0 Å². The van der Waals surface area contributed by atoms with E-state index in [-0.39, 0.29) is 5.82 Å². The molecule has 35 heavy (non-hydrogen) atoms. The van der Waals surface area contributed by atoms with E-state index in [4.69, 9.17) is 21.6 Å². The minimum absolute atomic E-state index is 0.127. The zero-order chi connectivity index (χ0) is 23.9. The molecule has 0 amide bonds. The molecule has 4 aromatic rings. The van der Waals surface area contributed by atoms with Crippen LogP contribution in [0.5, 0.6) is 0 Å². The molecule has 1 saturated carbocycles. The summed E-state index contributed by atoms with van der Waals surface area (Å²) >= 11 is 6.56. The van der Waals surface area contributed by atoms with E-state index in [1.54, 1.807) is 18.3 Å².